The van der Waals surface area contributed by atoms with Crippen molar-refractivity contribution in [2.45, 2.75) is 24.8 Å². The van der Waals surface area contributed by atoms with Crippen LogP contribution < -0.4 is 4.72 Å². The first-order valence-electron chi connectivity index (χ1n) is 5.24. The molecule has 1 aromatic rings. The van der Waals surface area contributed by atoms with Crippen molar-refractivity contribution in [2.75, 3.05) is 7.11 Å². The van der Waals surface area contributed by atoms with Crippen molar-refractivity contribution in [1.82, 2.24) is 4.72 Å². The second-order valence-electron chi connectivity index (χ2n) is 4.05. The minimum Gasteiger partial charge on any atom is -0.468 e. The van der Waals surface area contributed by atoms with Gasteiger partial charge in [0, 0.05) is 0 Å². The third-order valence-electron chi connectivity index (χ3n) is 2.32. The number of methoxy groups -OCH3 is 1. The lowest BCUT2D eigenvalue weighted by Gasteiger charge is -2.19. The first-order valence-corrected chi connectivity index (χ1v) is 9.12. The molecule has 0 aliphatic carbocycles. The summed E-state index contributed by atoms with van der Waals surface area (Å²) >= 11 is 7.65. The van der Waals surface area contributed by atoms with Crippen LogP contribution in [0.4, 0.5) is 0 Å². The van der Waals surface area contributed by atoms with Crippen LogP contribution in [0.15, 0.2) is 18.5 Å². The number of carbonyl (C=O) groups excluding carboxylic acids is 1. The molecule has 19 heavy (non-hydrogen) atoms. The van der Waals surface area contributed by atoms with Gasteiger partial charge in [-0.3, -0.25) is 4.79 Å². The molecule has 9 heteroatoms. The normalized spacial score (nSPS) is 13.6. The van der Waals surface area contributed by atoms with Gasteiger partial charge >= 0.3 is 5.97 Å². The van der Waals surface area contributed by atoms with Gasteiger partial charge in [0.05, 0.1) is 14.7 Å². The number of carbonyl (C=O) groups is 1. The van der Waals surface area contributed by atoms with E-state index in [1.807, 2.05) is 0 Å². The van der Waals surface area contributed by atoms with Crippen LogP contribution in [-0.4, -0.2) is 27.5 Å². The fourth-order valence-electron chi connectivity index (χ4n) is 1.32. The first kappa shape index (κ1) is 17.1. The molecule has 0 aliphatic heterocycles. The predicted molar refractivity (Wildman–Crippen MR) is 80.7 cm³/mol. The van der Waals surface area contributed by atoms with Crippen molar-refractivity contribution in [2.24, 2.45) is 5.92 Å². The van der Waals surface area contributed by atoms with Crippen molar-refractivity contribution >= 4 is 59.2 Å². The molecule has 0 fully saturated rings. The maximum Gasteiger partial charge on any atom is 0.324 e. The zero-order valence-corrected chi connectivity index (χ0v) is 15.2. The van der Waals surface area contributed by atoms with Crippen LogP contribution in [0.25, 0.3) is 0 Å². The van der Waals surface area contributed by atoms with E-state index in [4.69, 9.17) is 0 Å². The zero-order chi connectivity index (χ0) is 14.8. The molecule has 1 unspecified atom stereocenters. The second kappa shape index (κ2) is 6.66. The van der Waals surface area contributed by atoms with Gasteiger partial charge in [0.1, 0.15) is 10.9 Å². The Morgan fingerprint density at radius 2 is 2.00 bits per heavy atom. The van der Waals surface area contributed by atoms with Crippen LogP contribution in [0.3, 0.4) is 0 Å². The van der Waals surface area contributed by atoms with E-state index in [1.54, 1.807) is 13.8 Å². The molecule has 1 N–H and O–H groups in total. The molecule has 5 nitrogen and oxygen atoms in total. The number of sulfonamides is 1. The predicted octanol–water partition coefficient (Wildman–Crippen LogP) is 2.75. The van der Waals surface area contributed by atoms with Crippen LogP contribution in [-0.2, 0) is 19.6 Å². The van der Waals surface area contributed by atoms with E-state index in [0.29, 0.717) is 7.57 Å². The average Bonchev–Trinajstić information content (AvgIpc) is 2.65. The van der Waals surface area contributed by atoms with Crippen molar-refractivity contribution in [3.05, 3.63) is 13.6 Å². The number of esters is 1. The van der Waals surface area contributed by atoms with E-state index < -0.39 is 22.0 Å². The van der Waals surface area contributed by atoms with Crippen molar-refractivity contribution < 1.29 is 17.9 Å². The molecule has 1 aromatic heterocycles. The first-order chi connectivity index (χ1) is 8.69. The summed E-state index contributed by atoms with van der Waals surface area (Å²) in [7, 11) is -2.56. The highest BCUT2D eigenvalue weighted by molar-refractivity contribution is 9.12. The molecule has 0 spiro atoms. The van der Waals surface area contributed by atoms with E-state index in [9.17, 15) is 13.2 Å². The molecule has 108 valence electrons. The number of rotatable bonds is 5. The van der Waals surface area contributed by atoms with Crippen LogP contribution in [0.2, 0.25) is 0 Å². The number of thiophene rings is 1. The molecular weight excluding hydrogens is 422 g/mol. The molecule has 0 saturated heterocycles. The highest BCUT2D eigenvalue weighted by Crippen LogP contribution is 2.34. The highest BCUT2D eigenvalue weighted by atomic mass is 79.9. The van der Waals surface area contributed by atoms with Gasteiger partial charge in [-0.15, -0.1) is 11.3 Å². The largest absolute Gasteiger partial charge is 0.468 e. The maximum atomic E-state index is 12.2. The molecule has 0 aliphatic rings. The summed E-state index contributed by atoms with van der Waals surface area (Å²) in [5.41, 5.74) is 0. The van der Waals surface area contributed by atoms with Crippen LogP contribution in [0.1, 0.15) is 13.8 Å². The van der Waals surface area contributed by atoms with Gasteiger partial charge in [-0.25, -0.2) is 8.42 Å². The third kappa shape index (κ3) is 4.25. The Kier molecular flexibility index (Phi) is 5.99. The highest BCUT2D eigenvalue weighted by Gasteiger charge is 2.30. The fraction of sp³-hybridized carbons (Fsp3) is 0.500. The molecule has 0 radical (unpaired) electrons. The molecule has 0 bridgehead atoms. The van der Waals surface area contributed by atoms with E-state index in [-0.39, 0.29) is 10.8 Å². The van der Waals surface area contributed by atoms with Gasteiger partial charge < -0.3 is 4.74 Å². The Morgan fingerprint density at radius 3 is 2.37 bits per heavy atom. The van der Waals surface area contributed by atoms with E-state index in [1.165, 1.54) is 24.5 Å². The Morgan fingerprint density at radius 1 is 1.42 bits per heavy atom. The minimum absolute atomic E-state index is 0.0962. The molecule has 0 saturated carbocycles. The summed E-state index contributed by atoms with van der Waals surface area (Å²) in [6.07, 6.45) is 0. The Bertz CT molecular complexity index is 568. The van der Waals surface area contributed by atoms with Crippen molar-refractivity contribution in [3.8, 4) is 0 Å². The Balaban J connectivity index is 3.08. The lowest BCUT2D eigenvalue weighted by Crippen LogP contribution is -2.44. The van der Waals surface area contributed by atoms with Crippen LogP contribution in [0.5, 0.6) is 0 Å². The molecule has 1 rings (SSSR count). The number of nitrogens with one attached hydrogen (secondary N) is 1. The summed E-state index contributed by atoms with van der Waals surface area (Å²) in [5, 5.41) is 0. The van der Waals surface area contributed by atoms with Gasteiger partial charge in [0.15, 0.2) is 0 Å². The second-order valence-corrected chi connectivity index (χ2v) is 9.49. The quantitative estimate of drug-likeness (QED) is 0.723. The summed E-state index contributed by atoms with van der Waals surface area (Å²) in [5.74, 6) is -0.827. The standard InChI is InChI=1S/C10H13Br2NO4S2/c1-5(2)8(10(14)17-3)13-19(15,16)6-4-7(11)18-9(6)12/h4-5,8,13H,1-3H3. The number of hydrogen-bond acceptors (Lipinski definition) is 5. The van der Waals surface area contributed by atoms with E-state index >= 15 is 0 Å². The summed E-state index contributed by atoms with van der Waals surface area (Å²) in [4.78, 5) is 11.7. The smallest absolute Gasteiger partial charge is 0.324 e. The SMILES string of the molecule is COC(=O)C(NS(=O)(=O)c1cc(Br)sc1Br)C(C)C. The summed E-state index contributed by atoms with van der Waals surface area (Å²) in [6.45, 7) is 3.48. The van der Waals surface area contributed by atoms with Gasteiger partial charge in [-0.05, 0) is 43.8 Å². The van der Waals surface area contributed by atoms with Gasteiger partial charge in [-0.2, -0.15) is 4.72 Å². The van der Waals surface area contributed by atoms with E-state index in [0.717, 1.165) is 0 Å². The monoisotopic (exact) mass is 433 g/mol. The van der Waals surface area contributed by atoms with Crippen molar-refractivity contribution in [3.63, 3.8) is 0 Å². The maximum absolute atomic E-state index is 12.2. The third-order valence-corrected chi connectivity index (χ3v) is 6.52. The lowest BCUT2D eigenvalue weighted by atomic mass is 10.1. The topological polar surface area (TPSA) is 72.5 Å². The van der Waals surface area contributed by atoms with Crippen molar-refractivity contribution in [1.29, 1.82) is 0 Å². The molecule has 0 aromatic carbocycles. The van der Waals surface area contributed by atoms with Crippen LogP contribution >= 0.6 is 43.2 Å². The Labute approximate surface area is 133 Å². The minimum atomic E-state index is -3.79. The van der Waals surface area contributed by atoms with Crippen LogP contribution in [0, 0.1) is 5.92 Å². The lowest BCUT2D eigenvalue weighted by molar-refractivity contribution is -0.143. The number of hydrogen-bond donors (Lipinski definition) is 1. The van der Waals surface area contributed by atoms with Gasteiger partial charge in [0.25, 0.3) is 0 Å². The zero-order valence-electron chi connectivity index (χ0n) is 10.4. The average molecular weight is 435 g/mol. The van der Waals surface area contributed by atoms with E-state index in [2.05, 4.69) is 41.3 Å². The number of ether oxygens (including phenoxy) is 1. The number of halogens is 2. The molecule has 0 amide bonds. The van der Waals surface area contributed by atoms with Gasteiger partial charge in [-0.1, -0.05) is 13.8 Å². The molecule has 1 atom stereocenters. The van der Waals surface area contributed by atoms with Gasteiger partial charge in [0.2, 0.25) is 10.0 Å². The fourth-order valence-corrected chi connectivity index (χ4v) is 6.47. The Hall–Kier alpha value is 0.0400. The molecule has 1 heterocycles. The summed E-state index contributed by atoms with van der Waals surface area (Å²) < 4.78 is 32.6. The molecular formula is C10H13Br2NO4S2. The summed E-state index contributed by atoms with van der Waals surface area (Å²) in [6, 6.07) is 0.562.